The van der Waals surface area contributed by atoms with Crippen LogP contribution in [0.2, 0.25) is 0 Å². The molecule has 0 saturated carbocycles. The molecule has 1 atom stereocenters. The summed E-state index contributed by atoms with van der Waals surface area (Å²) in [4.78, 5) is 14.3. The van der Waals surface area contributed by atoms with Crippen LogP contribution in [-0.4, -0.2) is 23.1 Å². The molecular weight excluding hydrogens is 286 g/mol. The van der Waals surface area contributed by atoms with E-state index in [1.54, 1.807) is 0 Å². The average molecular weight is 317 g/mol. The van der Waals surface area contributed by atoms with E-state index in [0.717, 1.165) is 25.8 Å². The fourth-order valence-corrected chi connectivity index (χ4v) is 3.12. The molecule has 1 aromatic carbocycles. The van der Waals surface area contributed by atoms with E-state index in [1.165, 1.54) is 11.1 Å². The number of carbonyl (C=O) groups is 1. The van der Waals surface area contributed by atoms with Gasteiger partial charge in [-0.15, -0.1) is 0 Å². The van der Waals surface area contributed by atoms with Gasteiger partial charge in [0.1, 0.15) is 5.60 Å². The average Bonchev–Trinajstić information content (AvgIpc) is 2.85. The van der Waals surface area contributed by atoms with Crippen LogP contribution >= 0.6 is 0 Å². The number of rotatable bonds is 2. The van der Waals surface area contributed by atoms with Crippen LogP contribution in [0.25, 0.3) is 0 Å². The van der Waals surface area contributed by atoms with E-state index in [-0.39, 0.29) is 17.6 Å². The van der Waals surface area contributed by atoms with Gasteiger partial charge in [-0.25, -0.2) is 4.79 Å². The molecular formula is C20H31NO2. The molecule has 128 valence electrons. The predicted octanol–water partition coefficient (Wildman–Crippen LogP) is 5.35. The molecule has 1 fully saturated rings. The van der Waals surface area contributed by atoms with Crippen molar-refractivity contribution >= 4 is 6.09 Å². The lowest BCUT2D eigenvalue weighted by Crippen LogP contribution is -2.36. The Bertz CT molecular complexity index is 534. The molecule has 1 unspecified atom stereocenters. The van der Waals surface area contributed by atoms with Crippen molar-refractivity contribution in [1.29, 1.82) is 0 Å². The first-order valence-corrected chi connectivity index (χ1v) is 8.64. The van der Waals surface area contributed by atoms with Crippen LogP contribution < -0.4 is 0 Å². The summed E-state index contributed by atoms with van der Waals surface area (Å²) >= 11 is 0. The second kappa shape index (κ2) is 6.54. The lowest BCUT2D eigenvalue weighted by Gasteiger charge is -2.29. The van der Waals surface area contributed by atoms with Crippen LogP contribution in [0.15, 0.2) is 24.3 Å². The summed E-state index contributed by atoms with van der Waals surface area (Å²) in [5, 5.41) is 0. The summed E-state index contributed by atoms with van der Waals surface area (Å²) < 4.78 is 5.55. The molecule has 3 heteroatoms. The molecule has 1 heterocycles. The van der Waals surface area contributed by atoms with Gasteiger partial charge in [-0.1, -0.05) is 45.0 Å². The minimum atomic E-state index is -0.444. The SMILES string of the molecule is CC(C)(C)Cc1ccc(C2CCCN2C(=O)OC(C)(C)C)cc1. The molecule has 0 radical (unpaired) electrons. The molecule has 1 amide bonds. The summed E-state index contributed by atoms with van der Waals surface area (Å²) in [6, 6.07) is 8.90. The topological polar surface area (TPSA) is 29.5 Å². The Morgan fingerprint density at radius 2 is 1.74 bits per heavy atom. The van der Waals surface area contributed by atoms with Gasteiger partial charge in [0.15, 0.2) is 0 Å². The Balaban J connectivity index is 2.09. The lowest BCUT2D eigenvalue weighted by atomic mass is 9.87. The molecule has 0 N–H and O–H groups in total. The number of benzene rings is 1. The first-order chi connectivity index (χ1) is 10.6. The van der Waals surface area contributed by atoms with Gasteiger partial charge in [-0.3, -0.25) is 0 Å². The Morgan fingerprint density at radius 1 is 1.13 bits per heavy atom. The van der Waals surface area contributed by atoms with Crippen molar-refractivity contribution in [3.05, 3.63) is 35.4 Å². The summed E-state index contributed by atoms with van der Waals surface area (Å²) in [5.41, 5.74) is 2.41. The Labute approximate surface area is 141 Å². The van der Waals surface area contributed by atoms with Crippen molar-refractivity contribution in [1.82, 2.24) is 4.90 Å². The highest BCUT2D eigenvalue weighted by Crippen LogP contribution is 2.33. The fourth-order valence-electron chi connectivity index (χ4n) is 3.12. The van der Waals surface area contributed by atoms with E-state index in [0.29, 0.717) is 0 Å². The second-order valence-electron chi connectivity index (χ2n) is 8.81. The summed E-state index contributed by atoms with van der Waals surface area (Å²) in [6.07, 6.45) is 2.91. The van der Waals surface area contributed by atoms with Crippen LogP contribution in [0.1, 0.15) is 71.6 Å². The fraction of sp³-hybridized carbons (Fsp3) is 0.650. The summed E-state index contributed by atoms with van der Waals surface area (Å²) in [6.45, 7) is 13.3. The van der Waals surface area contributed by atoms with Crippen LogP contribution in [0.4, 0.5) is 4.79 Å². The molecule has 1 aromatic rings. The molecule has 23 heavy (non-hydrogen) atoms. The molecule has 0 aliphatic carbocycles. The van der Waals surface area contributed by atoms with Crippen molar-refractivity contribution in [2.45, 2.75) is 72.4 Å². The van der Waals surface area contributed by atoms with E-state index in [9.17, 15) is 4.79 Å². The third kappa shape index (κ3) is 5.26. The molecule has 1 aliphatic rings. The number of amides is 1. The Hall–Kier alpha value is -1.51. The standard InChI is InChI=1S/C20H31NO2/c1-19(2,3)14-15-9-11-16(12-10-15)17-8-7-13-21(17)18(22)23-20(4,5)6/h9-12,17H,7-8,13-14H2,1-6H3. The largest absolute Gasteiger partial charge is 0.444 e. The molecule has 1 aliphatic heterocycles. The van der Waals surface area contributed by atoms with Crippen LogP contribution in [0.3, 0.4) is 0 Å². The monoisotopic (exact) mass is 317 g/mol. The molecule has 2 rings (SSSR count). The van der Waals surface area contributed by atoms with E-state index < -0.39 is 5.60 Å². The highest BCUT2D eigenvalue weighted by atomic mass is 16.6. The van der Waals surface area contributed by atoms with Crippen LogP contribution in [0, 0.1) is 5.41 Å². The van der Waals surface area contributed by atoms with Crippen molar-refractivity contribution in [2.75, 3.05) is 6.54 Å². The molecule has 1 saturated heterocycles. The van der Waals surface area contributed by atoms with Gasteiger partial charge in [0, 0.05) is 6.54 Å². The molecule has 0 aromatic heterocycles. The quantitative estimate of drug-likeness (QED) is 0.736. The second-order valence-corrected chi connectivity index (χ2v) is 8.81. The normalized spacial score (nSPS) is 19.0. The highest BCUT2D eigenvalue weighted by Gasteiger charge is 2.33. The van der Waals surface area contributed by atoms with E-state index >= 15 is 0 Å². The highest BCUT2D eigenvalue weighted by molar-refractivity contribution is 5.69. The molecule has 0 bridgehead atoms. The van der Waals surface area contributed by atoms with Crippen LogP contribution in [0.5, 0.6) is 0 Å². The summed E-state index contributed by atoms with van der Waals surface area (Å²) in [7, 11) is 0. The van der Waals surface area contributed by atoms with Crippen molar-refractivity contribution in [3.8, 4) is 0 Å². The van der Waals surface area contributed by atoms with E-state index in [2.05, 4.69) is 45.0 Å². The van der Waals surface area contributed by atoms with Gasteiger partial charge in [-0.05, 0) is 56.6 Å². The van der Waals surface area contributed by atoms with Gasteiger partial charge >= 0.3 is 6.09 Å². The van der Waals surface area contributed by atoms with Gasteiger partial charge in [0.25, 0.3) is 0 Å². The number of ether oxygens (including phenoxy) is 1. The minimum Gasteiger partial charge on any atom is -0.444 e. The predicted molar refractivity (Wildman–Crippen MR) is 94.5 cm³/mol. The van der Waals surface area contributed by atoms with Crippen molar-refractivity contribution in [2.24, 2.45) is 5.41 Å². The number of hydrogen-bond donors (Lipinski definition) is 0. The number of nitrogens with zero attached hydrogens (tertiary/aromatic N) is 1. The van der Waals surface area contributed by atoms with E-state index in [4.69, 9.17) is 4.74 Å². The van der Waals surface area contributed by atoms with Crippen molar-refractivity contribution < 1.29 is 9.53 Å². The maximum absolute atomic E-state index is 12.4. The van der Waals surface area contributed by atoms with Crippen molar-refractivity contribution in [3.63, 3.8) is 0 Å². The lowest BCUT2D eigenvalue weighted by molar-refractivity contribution is 0.0224. The zero-order valence-corrected chi connectivity index (χ0v) is 15.5. The van der Waals surface area contributed by atoms with E-state index in [1.807, 2.05) is 25.7 Å². The zero-order valence-electron chi connectivity index (χ0n) is 15.5. The van der Waals surface area contributed by atoms with Gasteiger partial charge < -0.3 is 9.64 Å². The molecule has 3 nitrogen and oxygen atoms in total. The maximum Gasteiger partial charge on any atom is 0.410 e. The third-order valence-electron chi connectivity index (χ3n) is 3.98. The number of likely N-dealkylation sites (tertiary alicyclic amines) is 1. The third-order valence-corrected chi connectivity index (χ3v) is 3.98. The van der Waals surface area contributed by atoms with Gasteiger partial charge in [-0.2, -0.15) is 0 Å². The summed E-state index contributed by atoms with van der Waals surface area (Å²) in [5.74, 6) is 0. The Kier molecular flexibility index (Phi) is 5.07. The number of hydrogen-bond acceptors (Lipinski definition) is 2. The first kappa shape index (κ1) is 17.8. The first-order valence-electron chi connectivity index (χ1n) is 8.64. The molecule has 0 spiro atoms. The number of carbonyl (C=O) groups excluding carboxylic acids is 1. The van der Waals surface area contributed by atoms with Gasteiger partial charge in [0.2, 0.25) is 0 Å². The van der Waals surface area contributed by atoms with Gasteiger partial charge in [0.05, 0.1) is 6.04 Å². The smallest absolute Gasteiger partial charge is 0.410 e. The maximum atomic E-state index is 12.4. The Morgan fingerprint density at radius 3 is 2.26 bits per heavy atom. The van der Waals surface area contributed by atoms with Crippen LogP contribution in [-0.2, 0) is 11.2 Å². The zero-order chi connectivity index (χ0) is 17.3. The minimum absolute atomic E-state index is 0.147.